The Morgan fingerprint density at radius 1 is 1.24 bits per heavy atom. The third-order valence-electron chi connectivity index (χ3n) is 4.72. The van der Waals surface area contributed by atoms with Crippen molar-refractivity contribution in [2.24, 2.45) is 16.0 Å². The van der Waals surface area contributed by atoms with Gasteiger partial charge in [-0.15, -0.1) is 10.2 Å². The van der Waals surface area contributed by atoms with Crippen molar-refractivity contribution >= 4 is 35.2 Å². The Hall–Kier alpha value is -3.20. The molecule has 2 aliphatic rings. The van der Waals surface area contributed by atoms with Crippen molar-refractivity contribution in [2.45, 2.75) is 11.8 Å². The summed E-state index contributed by atoms with van der Waals surface area (Å²) < 4.78 is 4.54. The average Bonchev–Trinajstić information content (AvgIpc) is 3.16. The number of hydrogen-bond donors (Lipinski definition) is 2. The summed E-state index contributed by atoms with van der Waals surface area (Å²) in [5.41, 5.74) is 7.91. The molecule has 0 radical (unpaired) electrons. The smallest absolute Gasteiger partial charge is 0.245 e. The van der Waals surface area contributed by atoms with E-state index in [1.807, 2.05) is 61.5 Å². The summed E-state index contributed by atoms with van der Waals surface area (Å²) in [6.07, 6.45) is 5.57. The van der Waals surface area contributed by atoms with E-state index in [1.165, 1.54) is 11.9 Å². The third-order valence-corrected chi connectivity index (χ3v) is 5.79. The lowest BCUT2D eigenvalue weighted by molar-refractivity contribution is -0.114. The first-order valence-corrected chi connectivity index (χ1v) is 10.0. The molecule has 1 aliphatic heterocycles. The zero-order chi connectivity index (χ0) is 20.4. The van der Waals surface area contributed by atoms with Crippen molar-refractivity contribution < 1.29 is 4.79 Å². The minimum absolute atomic E-state index is 0.110. The molecule has 0 bridgehead atoms. The van der Waals surface area contributed by atoms with Gasteiger partial charge in [-0.1, -0.05) is 48.6 Å². The molecule has 29 heavy (non-hydrogen) atoms. The number of carbonyl (C=O) groups excluding carboxylic acids is 1. The molecular formula is C20H21N7OS. The van der Waals surface area contributed by atoms with E-state index in [0.29, 0.717) is 35.3 Å². The van der Waals surface area contributed by atoms with Gasteiger partial charge in [-0.3, -0.25) is 4.79 Å². The van der Waals surface area contributed by atoms with Gasteiger partial charge in [-0.25, -0.2) is 9.38 Å². The van der Waals surface area contributed by atoms with E-state index in [2.05, 4.69) is 19.9 Å². The van der Waals surface area contributed by atoms with Crippen LogP contribution in [-0.4, -0.2) is 46.1 Å². The SMILES string of the molecule is CN(C)c1nnc(C2=NSC3C(C(N)=O)=CC=CC23)nc1NCc1ccccc1. The number of allylic oxidation sites excluding steroid dienone is 3. The first kappa shape index (κ1) is 19.1. The number of nitrogens with two attached hydrogens (primary N) is 1. The maximum atomic E-state index is 11.7. The van der Waals surface area contributed by atoms with Crippen molar-refractivity contribution in [2.75, 3.05) is 24.3 Å². The highest BCUT2D eigenvalue weighted by molar-refractivity contribution is 7.99. The second-order valence-electron chi connectivity index (χ2n) is 6.94. The molecule has 2 unspecified atom stereocenters. The highest BCUT2D eigenvalue weighted by Gasteiger charge is 2.39. The lowest BCUT2D eigenvalue weighted by atomic mass is 9.89. The van der Waals surface area contributed by atoms with Crippen LogP contribution in [0.3, 0.4) is 0 Å². The van der Waals surface area contributed by atoms with Crippen LogP contribution >= 0.6 is 11.9 Å². The number of carbonyl (C=O) groups is 1. The standard InChI is InChI=1S/C20H21N7OS/c1-27(2)20-19(22-11-12-7-4-3-5-8-12)23-18(24-25-20)15-13-9-6-10-14(17(21)28)16(13)29-26-15/h3-10,13,16H,11H2,1-2H3,(H2,21,28)(H,22,23,24). The number of nitrogens with one attached hydrogen (secondary N) is 1. The molecule has 0 saturated heterocycles. The van der Waals surface area contributed by atoms with Crippen LogP contribution in [0.15, 0.2) is 58.5 Å². The van der Waals surface area contributed by atoms with Crippen LogP contribution < -0.4 is 16.0 Å². The van der Waals surface area contributed by atoms with Gasteiger partial charge in [0.25, 0.3) is 0 Å². The van der Waals surface area contributed by atoms with Crippen molar-refractivity contribution in [1.82, 2.24) is 15.2 Å². The number of anilines is 2. The molecule has 0 spiro atoms. The molecule has 0 fully saturated rings. The summed E-state index contributed by atoms with van der Waals surface area (Å²) in [7, 11) is 3.79. The number of fused-ring (bicyclic) bond motifs is 1. The summed E-state index contributed by atoms with van der Waals surface area (Å²) in [6, 6.07) is 10.1. The number of rotatable bonds is 6. The first-order chi connectivity index (χ1) is 14.0. The Balaban J connectivity index is 1.61. The molecule has 2 atom stereocenters. The van der Waals surface area contributed by atoms with E-state index in [4.69, 9.17) is 10.7 Å². The Bertz CT molecular complexity index is 1020. The zero-order valence-electron chi connectivity index (χ0n) is 16.1. The molecule has 1 aliphatic carbocycles. The highest BCUT2D eigenvalue weighted by Crippen LogP contribution is 2.39. The van der Waals surface area contributed by atoms with Gasteiger partial charge in [0.05, 0.1) is 5.25 Å². The summed E-state index contributed by atoms with van der Waals surface area (Å²) in [6.45, 7) is 0.613. The molecule has 8 nitrogen and oxygen atoms in total. The Morgan fingerprint density at radius 2 is 2.03 bits per heavy atom. The lowest BCUT2D eigenvalue weighted by Crippen LogP contribution is -2.31. The largest absolute Gasteiger partial charge is 0.366 e. The minimum atomic E-state index is -0.430. The predicted octanol–water partition coefficient (Wildman–Crippen LogP) is 1.97. The van der Waals surface area contributed by atoms with Crippen molar-refractivity contribution in [3.05, 3.63) is 65.5 Å². The van der Waals surface area contributed by atoms with Crippen LogP contribution in [0.5, 0.6) is 0 Å². The third kappa shape index (κ3) is 3.86. The fraction of sp³-hybridized carbons (Fsp3) is 0.250. The van der Waals surface area contributed by atoms with E-state index < -0.39 is 5.91 Å². The molecule has 4 rings (SSSR count). The van der Waals surface area contributed by atoms with E-state index in [9.17, 15) is 4.79 Å². The molecule has 0 saturated carbocycles. The van der Waals surface area contributed by atoms with E-state index in [0.717, 1.165) is 5.56 Å². The molecule has 9 heteroatoms. The fourth-order valence-corrected chi connectivity index (χ4v) is 4.33. The van der Waals surface area contributed by atoms with Crippen LogP contribution in [0.4, 0.5) is 11.6 Å². The molecule has 1 aromatic carbocycles. The first-order valence-electron chi connectivity index (χ1n) is 9.16. The van der Waals surface area contributed by atoms with Crippen molar-refractivity contribution in [3.8, 4) is 0 Å². The number of amides is 1. The Labute approximate surface area is 173 Å². The van der Waals surface area contributed by atoms with Crippen LogP contribution in [0.1, 0.15) is 11.4 Å². The van der Waals surface area contributed by atoms with Gasteiger partial charge in [-0.05, 0) is 17.5 Å². The number of primary amides is 1. The zero-order valence-corrected chi connectivity index (χ0v) is 16.9. The summed E-state index contributed by atoms with van der Waals surface area (Å²) >= 11 is 1.32. The van der Waals surface area contributed by atoms with Crippen molar-refractivity contribution in [3.63, 3.8) is 0 Å². The summed E-state index contributed by atoms with van der Waals surface area (Å²) in [5, 5.41) is 11.9. The Kier molecular flexibility index (Phi) is 5.30. The van der Waals surface area contributed by atoms with Gasteiger partial charge in [0.2, 0.25) is 5.91 Å². The topological polar surface area (TPSA) is 109 Å². The van der Waals surface area contributed by atoms with E-state index >= 15 is 0 Å². The number of aromatic nitrogens is 3. The highest BCUT2D eigenvalue weighted by atomic mass is 32.2. The molecule has 148 valence electrons. The van der Waals surface area contributed by atoms with E-state index in [1.54, 1.807) is 6.08 Å². The summed E-state index contributed by atoms with van der Waals surface area (Å²) in [5.74, 6) is 1.18. The molecule has 3 N–H and O–H groups in total. The maximum absolute atomic E-state index is 11.7. The second kappa shape index (κ2) is 8.04. The fourth-order valence-electron chi connectivity index (χ4n) is 3.24. The van der Waals surface area contributed by atoms with Gasteiger partial charge in [-0.2, -0.15) is 0 Å². The van der Waals surface area contributed by atoms with Gasteiger partial charge < -0.3 is 16.0 Å². The maximum Gasteiger partial charge on any atom is 0.245 e. The van der Waals surface area contributed by atoms with Gasteiger partial charge in [0, 0.05) is 32.1 Å². The van der Waals surface area contributed by atoms with E-state index in [-0.39, 0.29) is 11.2 Å². The van der Waals surface area contributed by atoms with Gasteiger partial charge in [0.15, 0.2) is 17.5 Å². The van der Waals surface area contributed by atoms with Crippen LogP contribution in [-0.2, 0) is 11.3 Å². The van der Waals surface area contributed by atoms with Gasteiger partial charge >= 0.3 is 0 Å². The molecular weight excluding hydrogens is 386 g/mol. The number of hydrogen-bond acceptors (Lipinski definition) is 8. The Morgan fingerprint density at radius 3 is 2.76 bits per heavy atom. The van der Waals surface area contributed by atoms with Crippen LogP contribution in [0.25, 0.3) is 0 Å². The lowest BCUT2D eigenvalue weighted by Gasteiger charge is -2.21. The quantitative estimate of drug-likeness (QED) is 0.705. The molecule has 2 heterocycles. The van der Waals surface area contributed by atoms with Crippen molar-refractivity contribution in [1.29, 1.82) is 0 Å². The molecule has 1 aromatic heterocycles. The number of nitrogens with zero attached hydrogens (tertiary/aromatic N) is 5. The number of benzene rings is 1. The molecule has 2 aromatic rings. The summed E-state index contributed by atoms with van der Waals surface area (Å²) in [4.78, 5) is 18.3. The van der Waals surface area contributed by atoms with Gasteiger partial charge in [0.1, 0.15) is 5.71 Å². The predicted molar refractivity (Wildman–Crippen MR) is 116 cm³/mol. The average molecular weight is 408 g/mol. The second-order valence-corrected chi connectivity index (χ2v) is 7.84. The van der Waals surface area contributed by atoms with Crippen LogP contribution in [0.2, 0.25) is 0 Å². The van der Waals surface area contributed by atoms with Crippen LogP contribution in [0, 0.1) is 5.92 Å². The monoisotopic (exact) mass is 407 g/mol. The molecule has 1 amide bonds. The normalized spacial score (nSPS) is 19.9. The minimum Gasteiger partial charge on any atom is -0.366 e.